The number of ether oxygens (including phenoxy) is 1. The third-order valence-electron chi connectivity index (χ3n) is 4.07. The Kier molecular flexibility index (Phi) is 4.38. The number of amides is 1. The lowest BCUT2D eigenvalue weighted by molar-refractivity contribution is -0.0760. The van der Waals surface area contributed by atoms with E-state index in [9.17, 15) is 4.79 Å². The molecule has 0 aliphatic carbocycles. The van der Waals surface area contributed by atoms with Crippen molar-refractivity contribution >= 4 is 5.91 Å². The summed E-state index contributed by atoms with van der Waals surface area (Å²) in [5.41, 5.74) is 0.994. The Morgan fingerprint density at radius 1 is 1.35 bits per heavy atom. The second-order valence-electron chi connectivity index (χ2n) is 6.04. The highest BCUT2D eigenvalue weighted by atomic mass is 16.5. The Balaban J connectivity index is 1.60. The molecule has 7 heteroatoms. The van der Waals surface area contributed by atoms with Gasteiger partial charge in [-0.05, 0) is 26.2 Å². The molecule has 0 saturated carbocycles. The zero-order valence-electron chi connectivity index (χ0n) is 13.5. The van der Waals surface area contributed by atoms with Crippen LogP contribution in [0.2, 0.25) is 0 Å². The highest BCUT2D eigenvalue weighted by molar-refractivity contribution is 5.93. The molecule has 3 heterocycles. The number of nitrogens with one attached hydrogen (secondary N) is 1. The quantitative estimate of drug-likeness (QED) is 0.926. The van der Waals surface area contributed by atoms with E-state index in [2.05, 4.69) is 20.4 Å². The third kappa shape index (κ3) is 3.56. The summed E-state index contributed by atoms with van der Waals surface area (Å²) < 4.78 is 7.44. The molecule has 2 aromatic heterocycles. The predicted molar refractivity (Wildman–Crippen MR) is 83.6 cm³/mol. The number of aryl methyl sites for hydroxylation is 1. The standard InChI is InChI=1S/C16H21N5O2/c1-16(5-3-4-6-23-16)15-18-8-12(9-19-15)7-17-14(22)13-10-20-21(2)11-13/h8-11H,3-7H2,1-2H3,(H,17,22)/t16-/m0/s1. The van der Waals surface area contributed by atoms with Crippen molar-refractivity contribution in [2.75, 3.05) is 6.61 Å². The molecule has 7 nitrogen and oxygen atoms in total. The van der Waals surface area contributed by atoms with Crippen molar-refractivity contribution in [2.45, 2.75) is 38.3 Å². The van der Waals surface area contributed by atoms with Gasteiger partial charge in [-0.1, -0.05) is 0 Å². The third-order valence-corrected chi connectivity index (χ3v) is 4.07. The minimum absolute atomic E-state index is 0.162. The van der Waals surface area contributed by atoms with E-state index in [1.165, 1.54) is 6.20 Å². The molecule has 0 aromatic carbocycles. The van der Waals surface area contributed by atoms with Gasteiger partial charge in [-0.3, -0.25) is 9.48 Å². The van der Waals surface area contributed by atoms with Gasteiger partial charge in [0.05, 0.1) is 11.8 Å². The van der Waals surface area contributed by atoms with Crippen LogP contribution in [0.3, 0.4) is 0 Å². The summed E-state index contributed by atoms with van der Waals surface area (Å²) >= 11 is 0. The number of carbonyl (C=O) groups is 1. The zero-order valence-corrected chi connectivity index (χ0v) is 13.5. The lowest BCUT2D eigenvalue weighted by atomic mass is 9.95. The van der Waals surface area contributed by atoms with Gasteiger partial charge in [0.1, 0.15) is 5.60 Å². The molecule has 3 rings (SSSR count). The van der Waals surface area contributed by atoms with Gasteiger partial charge in [0.25, 0.3) is 5.91 Å². The molecular weight excluding hydrogens is 294 g/mol. The normalized spacial score (nSPS) is 21.1. The van der Waals surface area contributed by atoms with Crippen molar-refractivity contribution in [3.63, 3.8) is 0 Å². The average molecular weight is 315 g/mol. The van der Waals surface area contributed by atoms with Crippen LogP contribution in [-0.2, 0) is 23.9 Å². The molecular formula is C16H21N5O2. The lowest BCUT2D eigenvalue weighted by Gasteiger charge is -2.32. The lowest BCUT2D eigenvalue weighted by Crippen LogP contribution is -2.32. The number of hydrogen-bond donors (Lipinski definition) is 1. The summed E-state index contributed by atoms with van der Waals surface area (Å²) in [7, 11) is 1.78. The number of carbonyl (C=O) groups excluding carboxylic acids is 1. The molecule has 1 fully saturated rings. The molecule has 1 amide bonds. The molecule has 0 unspecified atom stereocenters. The summed E-state index contributed by atoms with van der Waals surface area (Å²) in [6, 6.07) is 0. The molecule has 23 heavy (non-hydrogen) atoms. The summed E-state index contributed by atoms with van der Waals surface area (Å²) in [4.78, 5) is 20.8. The van der Waals surface area contributed by atoms with Gasteiger partial charge in [-0.2, -0.15) is 5.10 Å². The van der Waals surface area contributed by atoms with Crippen LogP contribution in [-0.4, -0.2) is 32.3 Å². The van der Waals surface area contributed by atoms with Gasteiger partial charge in [0, 0.05) is 44.4 Å². The Morgan fingerprint density at radius 2 is 2.13 bits per heavy atom. The molecule has 1 aliphatic rings. The highest BCUT2D eigenvalue weighted by Gasteiger charge is 2.32. The maximum absolute atomic E-state index is 12.0. The van der Waals surface area contributed by atoms with Crippen molar-refractivity contribution < 1.29 is 9.53 Å². The van der Waals surface area contributed by atoms with Gasteiger partial charge in [0.15, 0.2) is 5.82 Å². The van der Waals surface area contributed by atoms with Gasteiger partial charge in [-0.15, -0.1) is 0 Å². The minimum atomic E-state index is -0.393. The smallest absolute Gasteiger partial charge is 0.254 e. The molecule has 1 saturated heterocycles. The van der Waals surface area contributed by atoms with Crippen molar-refractivity contribution in [2.24, 2.45) is 7.05 Å². The first-order chi connectivity index (χ1) is 11.1. The molecule has 1 aliphatic heterocycles. The maximum atomic E-state index is 12.0. The van der Waals surface area contributed by atoms with E-state index >= 15 is 0 Å². The van der Waals surface area contributed by atoms with Crippen LogP contribution >= 0.6 is 0 Å². The highest BCUT2D eigenvalue weighted by Crippen LogP contribution is 2.32. The summed E-state index contributed by atoms with van der Waals surface area (Å²) in [6.07, 6.45) is 9.86. The predicted octanol–water partition coefficient (Wildman–Crippen LogP) is 1.56. The zero-order chi connectivity index (χ0) is 16.3. The van der Waals surface area contributed by atoms with Crippen LogP contribution in [0, 0.1) is 0 Å². The number of nitrogens with zero attached hydrogens (tertiary/aromatic N) is 4. The average Bonchev–Trinajstić information content (AvgIpc) is 3.00. The van der Waals surface area contributed by atoms with Gasteiger partial charge in [0.2, 0.25) is 0 Å². The number of aromatic nitrogens is 4. The van der Waals surface area contributed by atoms with Crippen LogP contribution in [0.5, 0.6) is 0 Å². The fourth-order valence-corrected chi connectivity index (χ4v) is 2.65. The van der Waals surface area contributed by atoms with Gasteiger partial charge < -0.3 is 10.1 Å². The second-order valence-corrected chi connectivity index (χ2v) is 6.04. The van der Waals surface area contributed by atoms with Crippen LogP contribution in [0.4, 0.5) is 0 Å². The van der Waals surface area contributed by atoms with E-state index in [1.54, 1.807) is 30.3 Å². The molecule has 0 bridgehead atoms. The summed E-state index contributed by atoms with van der Waals surface area (Å²) in [6.45, 7) is 3.17. The Morgan fingerprint density at radius 3 is 2.74 bits per heavy atom. The first-order valence-electron chi connectivity index (χ1n) is 7.79. The first-order valence-corrected chi connectivity index (χ1v) is 7.79. The topological polar surface area (TPSA) is 81.9 Å². The number of rotatable bonds is 4. The number of hydrogen-bond acceptors (Lipinski definition) is 5. The fourth-order valence-electron chi connectivity index (χ4n) is 2.65. The van der Waals surface area contributed by atoms with E-state index in [-0.39, 0.29) is 5.91 Å². The largest absolute Gasteiger partial charge is 0.367 e. The molecule has 1 N–H and O–H groups in total. The fraction of sp³-hybridized carbons (Fsp3) is 0.500. The Bertz CT molecular complexity index is 674. The maximum Gasteiger partial charge on any atom is 0.254 e. The van der Waals surface area contributed by atoms with Crippen molar-refractivity contribution in [3.8, 4) is 0 Å². The van der Waals surface area contributed by atoms with Crippen LogP contribution < -0.4 is 5.32 Å². The van der Waals surface area contributed by atoms with Crippen LogP contribution in [0.25, 0.3) is 0 Å². The van der Waals surface area contributed by atoms with E-state index < -0.39 is 5.60 Å². The van der Waals surface area contributed by atoms with Crippen molar-refractivity contribution in [1.82, 2.24) is 25.1 Å². The monoisotopic (exact) mass is 315 g/mol. The Hall–Kier alpha value is -2.28. The van der Waals surface area contributed by atoms with Gasteiger partial charge in [-0.25, -0.2) is 9.97 Å². The first kappa shape index (κ1) is 15.6. The SMILES string of the molecule is Cn1cc(C(=O)NCc2cnc([C@]3(C)CCCCO3)nc2)cn1. The molecule has 122 valence electrons. The summed E-state index contributed by atoms with van der Waals surface area (Å²) in [5, 5.41) is 6.81. The van der Waals surface area contributed by atoms with Crippen LogP contribution in [0.1, 0.15) is 47.9 Å². The molecule has 0 spiro atoms. The second kappa shape index (κ2) is 6.45. The van der Waals surface area contributed by atoms with E-state index in [4.69, 9.17) is 4.74 Å². The van der Waals surface area contributed by atoms with Gasteiger partial charge >= 0.3 is 0 Å². The van der Waals surface area contributed by atoms with Crippen molar-refractivity contribution in [3.05, 3.63) is 41.7 Å². The van der Waals surface area contributed by atoms with E-state index in [1.807, 2.05) is 6.92 Å². The molecule has 0 radical (unpaired) electrons. The van der Waals surface area contributed by atoms with E-state index in [0.717, 1.165) is 31.4 Å². The van der Waals surface area contributed by atoms with Crippen LogP contribution in [0.15, 0.2) is 24.8 Å². The molecule has 2 aromatic rings. The minimum Gasteiger partial charge on any atom is -0.367 e. The molecule has 1 atom stereocenters. The van der Waals surface area contributed by atoms with E-state index in [0.29, 0.717) is 17.9 Å². The van der Waals surface area contributed by atoms with Crippen molar-refractivity contribution in [1.29, 1.82) is 0 Å². The summed E-state index contributed by atoms with van der Waals surface area (Å²) in [5.74, 6) is 0.546. The Labute approximate surface area is 135 Å².